The molecule has 1 fully saturated rings. The molecule has 4 rings (SSSR count). The smallest absolute Gasteiger partial charge is 0.266 e. The molecule has 0 saturated heterocycles. The van der Waals surface area contributed by atoms with E-state index in [1.807, 2.05) is 13.8 Å². The molecule has 0 bridgehead atoms. The number of primary amides is 1. The lowest BCUT2D eigenvalue weighted by molar-refractivity contribution is 0.0998. The second-order valence-corrected chi connectivity index (χ2v) is 7.57. The molecule has 0 spiro atoms. The first kappa shape index (κ1) is 16.7. The summed E-state index contributed by atoms with van der Waals surface area (Å²) in [6.07, 6.45) is 2.29. The molecule has 2 heterocycles. The number of nitrogens with zero attached hydrogens (tertiary/aromatic N) is 2. The maximum Gasteiger partial charge on any atom is 0.266 e. The Morgan fingerprint density at radius 1 is 1.15 bits per heavy atom. The largest absolute Gasteiger partial charge is 0.366 e. The van der Waals surface area contributed by atoms with Gasteiger partial charge >= 0.3 is 0 Å². The third-order valence-electron chi connectivity index (χ3n) is 4.56. The first-order chi connectivity index (χ1) is 12.4. The molecule has 7 heteroatoms. The van der Waals surface area contributed by atoms with E-state index in [1.54, 1.807) is 24.3 Å². The molecule has 6 nitrogen and oxygen atoms in total. The summed E-state index contributed by atoms with van der Waals surface area (Å²) in [5, 5.41) is 3.83. The number of benzene rings is 1. The number of anilines is 1. The van der Waals surface area contributed by atoms with E-state index >= 15 is 0 Å². The molecule has 0 atom stereocenters. The molecule has 2 aromatic heterocycles. The molecular weight excluding hydrogens is 348 g/mol. The number of carbonyl (C=O) groups excluding carboxylic acids is 2. The summed E-state index contributed by atoms with van der Waals surface area (Å²) >= 11 is 1.40. The monoisotopic (exact) mass is 366 g/mol. The van der Waals surface area contributed by atoms with Crippen LogP contribution in [0.25, 0.3) is 10.2 Å². The van der Waals surface area contributed by atoms with Gasteiger partial charge in [-0.25, -0.2) is 9.97 Å². The Labute approximate surface area is 154 Å². The maximum absolute atomic E-state index is 12.7. The van der Waals surface area contributed by atoms with Crippen LogP contribution in [0.1, 0.15) is 55.9 Å². The molecule has 1 aliphatic carbocycles. The zero-order valence-corrected chi connectivity index (χ0v) is 15.3. The van der Waals surface area contributed by atoms with Gasteiger partial charge in [-0.15, -0.1) is 11.3 Å². The van der Waals surface area contributed by atoms with Gasteiger partial charge in [-0.1, -0.05) is 0 Å². The standard InChI is InChI=1S/C19H18N4O2S/c1-9-14-10(2)21-17(12-3-4-12)23-19(14)26-15(9)18(25)22-13-7-5-11(6-8-13)16(20)24/h5-8,12H,3-4H2,1-2H3,(H2,20,24)(H,22,25). The summed E-state index contributed by atoms with van der Waals surface area (Å²) < 4.78 is 0. The quantitative estimate of drug-likeness (QED) is 0.738. The summed E-state index contributed by atoms with van der Waals surface area (Å²) in [7, 11) is 0. The van der Waals surface area contributed by atoms with Gasteiger partial charge in [-0.2, -0.15) is 0 Å². The highest BCUT2D eigenvalue weighted by atomic mass is 32.1. The molecule has 26 heavy (non-hydrogen) atoms. The number of aryl methyl sites for hydroxylation is 2. The van der Waals surface area contributed by atoms with Gasteiger partial charge in [0.05, 0.1) is 10.6 Å². The van der Waals surface area contributed by atoms with Gasteiger partial charge in [0.2, 0.25) is 5.91 Å². The van der Waals surface area contributed by atoms with Gasteiger partial charge in [0.15, 0.2) is 0 Å². The van der Waals surface area contributed by atoms with Gasteiger partial charge in [-0.05, 0) is 56.5 Å². The Hall–Kier alpha value is -2.80. The predicted octanol–water partition coefficient (Wildman–Crippen LogP) is 3.54. The number of hydrogen-bond acceptors (Lipinski definition) is 5. The van der Waals surface area contributed by atoms with Gasteiger partial charge in [0.1, 0.15) is 10.7 Å². The number of rotatable bonds is 4. The fourth-order valence-corrected chi connectivity index (χ4v) is 4.14. The van der Waals surface area contributed by atoms with E-state index in [-0.39, 0.29) is 5.91 Å². The number of nitrogens with one attached hydrogen (secondary N) is 1. The molecule has 0 unspecified atom stereocenters. The van der Waals surface area contributed by atoms with Crippen molar-refractivity contribution in [3.63, 3.8) is 0 Å². The van der Waals surface area contributed by atoms with Gasteiger partial charge in [0, 0.05) is 22.6 Å². The minimum atomic E-state index is -0.497. The van der Waals surface area contributed by atoms with Crippen molar-refractivity contribution in [2.75, 3.05) is 5.32 Å². The summed E-state index contributed by atoms with van der Waals surface area (Å²) in [6, 6.07) is 6.51. The number of fused-ring (bicyclic) bond motifs is 1. The third-order valence-corrected chi connectivity index (χ3v) is 5.75. The van der Waals surface area contributed by atoms with Crippen molar-refractivity contribution in [3.05, 3.63) is 51.8 Å². The fourth-order valence-electron chi connectivity index (χ4n) is 3.01. The Bertz CT molecular complexity index is 1040. The highest BCUT2D eigenvalue weighted by Crippen LogP contribution is 2.40. The zero-order valence-electron chi connectivity index (χ0n) is 14.5. The first-order valence-electron chi connectivity index (χ1n) is 8.43. The normalized spacial score (nSPS) is 13.8. The van der Waals surface area contributed by atoms with E-state index in [1.165, 1.54) is 11.3 Å². The number of aromatic nitrogens is 2. The van der Waals surface area contributed by atoms with Crippen LogP contribution in [-0.2, 0) is 0 Å². The van der Waals surface area contributed by atoms with Crippen molar-refractivity contribution in [3.8, 4) is 0 Å². The Morgan fingerprint density at radius 2 is 1.85 bits per heavy atom. The van der Waals surface area contributed by atoms with Crippen LogP contribution >= 0.6 is 11.3 Å². The second kappa shape index (κ2) is 6.17. The number of hydrogen-bond donors (Lipinski definition) is 2. The van der Waals surface area contributed by atoms with Crippen LogP contribution in [-0.4, -0.2) is 21.8 Å². The van der Waals surface area contributed by atoms with Crippen LogP contribution in [0.5, 0.6) is 0 Å². The topological polar surface area (TPSA) is 98.0 Å². The zero-order chi connectivity index (χ0) is 18.4. The molecular formula is C19H18N4O2S. The molecule has 3 aromatic rings. The number of amides is 2. The van der Waals surface area contributed by atoms with E-state index in [0.717, 1.165) is 40.1 Å². The minimum Gasteiger partial charge on any atom is -0.366 e. The number of carbonyl (C=O) groups is 2. The predicted molar refractivity (Wildman–Crippen MR) is 102 cm³/mol. The Kier molecular flexibility index (Phi) is 3.96. The van der Waals surface area contributed by atoms with E-state index in [0.29, 0.717) is 22.0 Å². The van der Waals surface area contributed by atoms with Crippen molar-refractivity contribution in [1.29, 1.82) is 0 Å². The Balaban J connectivity index is 1.65. The lowest BCUT2D eigenvalue weighted by Crippen LogP contribution is -2.13. The Morgan fingerprint density at radius 3 is 2.46 bits per heavy atom. The molecule has 0 radical (unpaired) electrons. The molecule has 2 amide bonds. The highest BCUT2D eigenvalue weighted by Gasteiger charge is 2.28. The fraction of sp³-hybridized carbons (Fsp3) is 0.263. The summed E-state index contributed by atoms with van der Waals surface area (Å²) in [5.41, 5.74) is 8.07. The average Bonchev–Trinajstić information content (AvgIpc) is 3.39. The van der Waals surface area contributed by atoms with Crippen molar-refractivity contribution in [1.82, 2.24) is 9.97 Å². The number of nitrogens with two attached hydrogens (primary N) is 1. The number of thiophene rings is 1. The van der Waals surface area contributed by atoms with Crippen molar-refractivity contribution < 1.29 is 9.59 Å². The summed E-state index contributed by atoms with van der Waals surface area (Å²) in [4.78, 5) is 34.7. The van der Waals surface area contributed by atoms with Crippen LogP contribution in [0.15, 0.2) is 24.3 Å². The molecule has 1 saturated carbocycles. The summed E-state index contributed by atoms with van der Waals surface area (Å²) in [5.74, 6) is 0.681. The van der Waals surface area contributed by atoms with E-state index in [9.17, 15) is 9.59 Å². The SMILES string of the molecule is Cc1nc(C2CC2)nc2sc(C(=O)Nc3ccc(C(N)=O)cc3)c(C)c12. The average molecular weight is 366 g/mol. The van der Waals surface area contributed by atoms with Crippen LogP contribution in [0.4, 0.5) is 5.69 Å². The lowest BCUT2D eigenvalue weighted by Gasteiger charge is -2.05. The highest BCUT2D eigenvalue weighted by molar-refractivity contribution is 7.20. The van der Waals surface area contributed by atoms with Crippen molar-refractivity contribution in [2.24, 2.45) is 5.73 Å². The first-order valence-corrected chi connectivity index (χ1v) is 9.24. The molecule has 0 aliphatic heterocycles. The lowest BCUT2D eigenvalue weighted by atomic mass is 10.1. The maximum atomic E-state index is 12.7. The minimum absolute atomic E-state index is 0.190. The molecule has 1 aromatic carbocycles. The van der Waals surface area contributed by atoms with E-state index in [4.69, 9.17) is 5.73 Å². The van der Waals surface area contributed by atoms with Gasteiger partial charge in [-0.3, -0.25) is 9.59 Å². The van der Waals surface area contributed by atoms with Crippen LogP contribution in [0, 0.1) is 13.8 Å². The third kappa shape index (κ3) is 2.94. The van der Waals surface area contributed by atoms with E-state index < -0.39 is 5.91 Å². The van der Waals surface area contributed by atoms with Crippen LogP contribution in [0.3, 0.4) is 0 Å². The van der Waals surface area contributed by atoms with Crippen molar-refractivity contribution >= 4 is 39.1 Å². The van der Waals surface area contributed by atoms with E-state index in [2.05, 4.69) is 15.3 Å². The molecule has 132 valence electrons. The summed E-state index contributed by atoms with van der Waals surface area (Å²) in [6.45, 7) is 3.90. The van der Waals surface area contributed by atoms with Crippen LogP contribution in [0.2, 0.25) is 0 Å². The van der Waals surface area contributed by atoms with Gasteiger partial charge < -0.3 is 11.1 Å². The second-order valence-electron chi connectivity index (χ2n) is 6.57. The molecule has 1 aliphatic rings. The van der Waals surface area contributed by atoms with Gasteiger partial charge in [0.25, 0.3) is 5.91 Å². The molecule has 3 N–H and O–H groups in total. The van der Waals surface area contributed by atoms with Crippen LogP contribution < -0.4 is 11.1 Å². The van der Waals surface area contributed by atoms with Crippen molar-refractivity contribution in [2.45, 2.75) is 32.6 Å².